The largest absolute Gasteiger partial charge is 0.385 e. The lowest BCUT2D eigenvalue weighted by atomic mass is 10.0. The van der Waals surface area contributed by atoms with Gasteiger partial charge in [-0.1, -0.05) is 25.3 Å². The Bertz CT molecular complexity index is 328. The maximum absolute atomic E-state index is 5.14. The van der Waals surface area contributed by atoms with Crippen LogP contribution in [-0.4, -0.2) is 29.8 Å². The molecule has 18 heavy (non-hydrogen) atoms. The molecular formula is C13H25N3OS. The highest BCUT2D eigenvalue weighted by Gasteiger charge is 2.20. The lowest BCUT2D eigenvalue weighted by molar-refractivity contribution is 0.189. The monoisotopic (exact) mass is 271 g/mol. The van der Waals surface area contributed by atoms with Gasteiger partial charge in [-0.05, 0) is 43.3 Å². The van der Waals surface area contributed by atoms with Gasteiger partial charge in [0.25, 0.3) is 0 Å². The Morgan fingerprint density at radius 2 is 2.17 bits per heavy atom. The zero-order valence-electron chi connectivity index (χ0n) is 11.9. The number of rotatable bonds is 9. The van der Waals surface area contributed by atoms with E-state index in [1.54, 1.807) is 7.11 Å². The summed E-state index contributed by atoms with van der Waals surface area (Å²) in [6.07, 6.45) is 3.29. The van der Waals surface area contributed by atoms with Gasteiger partial charge in [0.15, 0.2) is 0 Å². The predicted octanol–water partition coefficient (Wildman–Crippen LogP) is 3.13. The minimum atomic E-state index is 0.373. The highest BCUT2D eigenvalue weighted by atomic mass is 32.1. The minimum Gasteiger partial charge on any atom is -0.385 e. The number of hydrogen-bond donors (Lipinski definition) is 1. The fourth-order valence-electron chi connectivity index (χ4n) is 1.92. The molecule has 0 aliphatic heterocycles. The molecule has 0 aliphatic carbocycles. The number of nitrogens with zero attached hydrogens (tertiary/aromatic N) is 2. The van der Waals surface area contributed by atoms with E-state index in [2.05, 4.69) is 35.7 Å². The molecule has 1 rings (SSSR count). The van der Waals surface area contributed by atoms with Gasteiger partial charge in [-0.2, -0.15) is 0 Å². The Morgan fingerprint density at radius 3 is 2.78 bits per heavy atom. The van der Waals surface area contributed by atoms with Crippen molar-refractivity contribution >= 4 is 11.5 Å². The molecule has 5 heteroatoms. The zero-order valence-corrected chi connectivity index (χ0v) is 12.7. The fourth-order valence-corrected chi connectivity index (χ4v) is 2.84. The number of nitrogens with one attached hydrogen (secondary N) is 1. The molecule has 0 radical (unpaired) electrons. The van der Waals surface area contributed by atoms with Crippen LogP contribution < -0.4 is 5.32 Å². The van der Waals surface area contributed by atoms with Gasteiger partial charge >= 0.3 is 0 Å². The maximum atomic E-state index is 5.14. The summed E-state index contributed by atoms with van der Waals surface area (Å²) in [6, 6.07) is 0.373. The van der Waals surface area contributed by atoms with Crippen LogP contribution >= 0.6 is 11.5 Å². The van der Waals surface area contributed by atoms with Crippen LogP contribution in [0.4, 0.5) is 0 Å². The van der Waals surface area contributed by atoms with Gasteiger partial charge in [0.2, 0.25) is 0 Å². The van der Waals surface area contributed by atoms with E-state index in [-0.39, 0.29) is 0 Å². The second-order valence-electron chi connectivity index (χ2n) is 4.82. The summed E-state index contributed by atoms with van der Waals surface area (Å²) in [5.74, 6) is 0.437. The molecule has 1 aromatic rings. The second-order valence-corrected chi connectivity index (χ2v) is 5.60. The Morgan fingerprint density at radius 1 is 1.39 bits per heavy atom. The van der Waals surface area contributed by atoms with Crippen LogP contribution in [0.2, 0.25) is 0 Å². The third-order valence-electron chi connectivity index (χ3n) is 2.89. The molecule has 0 fully saturated rings. The highest BCUT2D eigenvalue weighted by molar-refractivity contribution is 7.05. The first-order chi connectivity index (χ1) is 8.70. The van der Waals surface area contributed by atoms with Gasteiger partial charge in [0.1, 0.15) is 0 Å². The molecule has 1 heterocycles. The van der Waals surface area contributed by atoms with Crippen LogP contribution in [0, 0.1) is 0 Å². The van der Waals surface area contributed by atoms with Crippen molar-refractivity contribution in [1.82, 2.24) is 14.9 Å². The number of aromatic nitrogens is 2. The molecule has 0 aromatic carbocycles. The normalized spacial score (nSPS) is 13.2. The number of methoxy groups -OCH3 is 1. The third kappa shape index (κ3) is 4.63. The first-order valence-corrected chi connectivity index (χ1v) is 7.52. The van der Waals surface area contributed by atoms with E-state index in [1.807, 2.05) is 0 Å². The quantitative estimate of drug-likeness (QED) is 0.701. The molecule has 0 saturated carbocycles. The topological polar surface area (TPSA) is 47.0 Å². The van der Waals surface area contributed by atoms with E-state index in [0.29, 0.717) is 12.0 Å². The van der Waals surface area contributed by atoms with Crippen LogP contribution in [-0.2, 0) is 4.74 Å². The molecule has 1 unspecified atom stereocenters. The Labute approximate surface area is 114 Å². The van der Waals surface area contributed by atoms with Crippen LogP contribution in [0.5, 0.6) is 0 Å². The smallest absolute Gasteiger partial charge is 0.0829 e. The van der Waals surface area contributed by atoms with E-state index in [1.165, 1.54) is 16.4 Å². The Balaban J connectivity index is 2.70. The van der Waals surface area contributed by atoms with Crippen LogP contribution in [0.25, 0.3) is 0 Å². The van der Waals surface area contributed by atoms with Gasteiger partial charge in [0.05, 0.1) is 10.6 Å². The molecule has 0 bridgehead atoms. The summed E-state index contributed by atoms with van der Waals surface area (Å²) >= 11 is 1.53. The molecule has 104 valence electrons. The summed E-state index contributed by atoms with van der Waals surface area (Å²) in [7, 11) is 1.75. The zero-order chi connectivity index (χ0) is 13.4. The van der Waals surface area contributed by atoms with E-state index < -0.39 is 0 Å². The van der Waals surface area contributed by atoms with Crippen LogP contribution in [0.3, 0.4) is 0 Å². The molecule has 1 aromatic heterocycles. The summed E-state index contributed by atoms with van der Waals surface area (Å²) < 4.78 is 9.26. The minimum absolute atomic E-state index is 0.373. The SMILES string of the molecule is CCCNC(CCCOC)c1snnc1C(C)C. The van der Waals surface area contributed by atoms with E-state index in [9.17, 15) is 0 Å². The van der Waals surface area contributed by atoms with Crippen LogP contribution in [0.1, 0.15) is 62.6 Å². The van der Waals surface area contributed by atoms with Crippen molar-refractivity contribution in [3.8, 4) is 0 Å². The fraction of sp³-hybridized carbons (Fsp3) is 0.846. The van der Waals surface area contributed by atoms with E-state index in [0.717, 1.165) is 38.1 Å². The molecule has 4 nitrogen and oxygen atoms in total. The Hall–Kier alpha value is -0.520. The molecule has 0 aliphatic rings. The number of hydrogen-bond acceptors (Lipinski definition) is 5. The molecule has 1 N–H and O–H groups in total. The van der Waals surface area contributed by atoms with Crippen molar-refractivity contribution in [1.29, 1.82) is 0 Å². The standard InChI is InChI=1S/C13H25N3OS/c1-5-8-14-11(7-6-9-17-4)13-12(10(2)3)15-16-18-13/h10-11,14H,5-9H2,1-4H3. The molecule has 0 amide bonds. The molecule has 0 spiro atoms. The van der Waals surface area contributed by atoms with Gasteiger partial charge < -0.3 is 10.1 Å². The van der Waals surface area contributed by atoms with Crippen molar-refractivity contribution < 1.29 is 4.74 Å². The van der Waals surface area contributed by atoms with Gasteiger partial charge in [-0.25, -0.2) is 0 Å². The van der Waals surface area contributed by atoms with Crippen molar-refractivity contribution in [2.45, 2.75) is 52.0 Å². The first kappa shape index (κ1) is 15.5. The molecule has 0 saturated heterocycles. The van der Waals surface area contributed by atoms with Crippen LogP contribution in [0.15, 0.2) is 0 Å². The van der Waals surface area contributed by atoms with E-state index in [4.69, 9.17) is 4.74 Å². The lowest BCUT2D eigenvalue weighted by Gasteiger charge is -2.18. The highest BCUT2D eigenvalue weighted by Crippen LogP contribution is 2.28. The van der Waals surface area contributed by atoms with Crippen molar-refractivity contribution in [2.75, 3.05) is 20.3 Å². The summed E-state index contributed by atoms with van der Waals surface area (Å²) in [4.78, 5) is 1.30. The van der Waals surface area contributed by atoms with Crippen molar-refractivity contribution in [2.24, 2.45) is 0 Å². The summed E-state index contributed by atoms with van der Waals surface area (Å²) in [5.41, 5.74) is 1.14. The predicted molar refractivity (Wildman–Crippen MR) is 76.1 cm³/mol. The average Bonchev–Trinajstić information content (AvgIpc) is 2.82. The average molecular weight is 271 g/mol. The molecule has 1 atom stereocenters. The van der Waals surface area contributed by atoms with Gasteiger partial charge in [-0.15, -0.1) is 5.10 Å². The lowest BCUT2D eigenvalue weighted by Crippen LogP contribution is -2.23. The Kier molecular flexibility index (Phi) is 7.39. The summed E-state index contributed by atoms with van der Waals surface area (Å²) in [5, 5.41) is 7.87. The third-order valence-corrected chi connectivity index (χ3v) is 3.74. The van der Waals surface area contributed by atoms with E-state index >= 15 is 0 Å². The van der Waals surface area contributed by atoms with Gasteiger partial charge in [0, 0.05) is 19.8 Å². The van der Waals surface area contributed by atoms with Crippen molar-refractivity contribution in [3.63, 3.8) is 0 Å². The summed E-state index contributed by atoms with van der Waals surface area (Å²) in [6.45, 7) is 8.38. The van der Waals surface area contributed by atoms with Crippen molar-refractivity contribution in [3.05, 3.63) is 10.6 Å². The number of ether oxygens (including phenoxy) is 1. The van der Waals surface area contributed by atoms with Gasteiger partial charge in [-0.3, -0.25) is 0 Å². The maximum Gasteiger partial charge on any atom is 0.0829 e. The second kappa shape index (κ2) is 8.56. The molecular weight excluding hydrogens is 246 g/mol. The first-order valence-electron chi connectivity index (χ1n) is 6.75.